The zero-order chi connectivity index (χ0) is 12.7. The highest BCUT2D eigenvalue weighted by molar-refractivity contribution is 9.09. The van der Waals surface area contributed by atoms with Crippen LogP contribution < -0.4 is 4.74 Å². The zero-order valence-corrected chi connectivity index (χ0v) is 13.0. The van der Waals surface area contributed by atoms with Crippen LogP contribution in [0.25, 0.3) is 0 Å². The molecular weight excluding hydrogens is 332 g/mol. The highest BCUT2D eigenvalue weighted by atomic mass is 79.9. The first kappa shape index (κ1) is 12.5. The van der Waals surface area contributed by atoms with Gasteiger partial charge in [-0.3, -0.25) is 0 Å². The van der Waals surface area contributed by atoms with E-state index in [9.17, 15) is 0 Å². The molecule has 1 atom stereocenters. The SMILES string of the molecule is Cc1cc(C(Br)c2ccc3c(c2)CCO3)sc1Cl. The topological polar surface area (TPSA) is 9.23 Å². The Hall–Kier alpha value is -0.510. The van der Waals surface area contributed by atoms with Crippen molar-refractivity contribution >= 4 is 38.9 Å². The van der Waals surface area contributed by atoms with Crippen molar-refractivity contribution < 1.29 is 4.74 Å². The van der Waals surface area contributed by atoms with E-state index in [1.165, 1.54) is 16.0 Å². The molecule has 1 aliphatic heterocycles. The Kier molecular flexibility index (Phi) is 3.39. The summed E-state index contributed by atoms with van der Waals surface area (Å²) >= 11 is 11.5. The van der Waals surface area contributed by atoms with E-state index >= 15 is 0 Å². The number of hydrogen-bond donors (Lipinski definition) is 0. The highest BCUT2D eigenvalue weighted by Gasteiger charge is 2.18. The highest BCUT2D eigenvalue weighted by Crippen LogP contribution is 2.40. The van der Waals surface area contributed by atoms with E-state index in [2.05, 4.69) is 40.2 Å². The molecule has 0 radical (unpaired) electrons. The van der Waals surface area contributed by atoms with Crippen molar-refractivity contribution in [3.05, 3.63) is 50.2 Å². The summed E-state index contributed by atoms with van der Waals surface area (Å²) in [5.41, 5.74) is 3.71. The van der Waals surface area contributed by atoms with Crippen LogP contribution in [0.15, 0.2) is 24.3 Å². The largest absolute Gasteiger partial charge is 0.493 e. The molecule has 1 aliphatic rings. The van der Waals surface area contributed by atoms with Crippen LogP contribution in [-0.2, 0) is 6.42 Å². The maximum atomic E-state index is 6.13. The van der Waals surface area contributed by atoms with Crippen molar-refractivity contribution in [3.63, 3.8) is 0 Å². The molecule has 0 aliphatic carbocycles. The fourth-order valence-corrected chi connectivity index (χ4v) is 4.06. The van der Waals surface area contributed by atoms with Crippen molar-refractivity contribution in [2.45, 2.75) is 18.2 Å². The number of hydrogen-bond acceptors (Lipinski definition) is 2. The lowest BCUT2D eigenvalue weighted by Gasteiger charge is -2.09. The third-order valence-corrected chi connectivity index (χ3v) is 6.08. The minimum atomic E-state index is 0.208. The van der Waals surface area contributed by atoms with Gasteiger partial charge in [0.25, 0.3) is 0 Å². The standard InChI is InChI=1S/C14H12BrClOS/c1-8-6-12(18-14(8)16)13(15)10-2-3-11-9(7-10)4-5-17-11/h2-3,6-7,13H,4-5H2,1H3. The number of aryl methyl sites for hydroxylation is 1. The molecule has 1 nitrogen and oxygen atoms in total. The summed E-state index contributed by atoms with van der Waals surface area (Å²) in [6, 6.07) is 8.56. The maximum absolute atomic E-state index is 6.13. The number of thiophene rings is 1. The minimum Gasteiger partial charge on any atom is -0.493 e. The summed E-state index contributed by atoms with van der Waals surface area (Å²) in [5.74, 6) is 1.03. The molecule has 0 N–H and O–H groups in total. The van der Waals surface area contributed by atoms with Gasteiger partial charge in [0.2, 0.25) is 0 Å². The second-order valence-corrected chi connectivity index (χ2v) is 7.04. The fraction of sp³-hybridized carbons (Fsp3) is 0.286. The Balaban J connectivity index is 1.94. The monoisotopic (exact) mass is 342 g/mol. The van der Waals surface area contributed by atoms with E-state index in [0.29, 0.717) is 0 Å². The third kappa shape index (κ3) is 2.20. The lowest BCUT2D eigenvalue weighted by molar-refractivity contribution is 0.357. The summed E-state index contributed by atoms with van der Waals surface area (Å²) in [7, 11) is 0. The predicted octanol–water partition coefficient (Wildman–Crippen LogP) is 5.13. The van der Waals surface area contributed by atoms with E-state index in [4.69, 9.17) is 16.3 Å². The Bertz CT molecular complexity index is 574. The van der Waals surface area contributed by atoms with Gasteiger partial charge in [0, 0.05) is 11.3 Å². The van der Waals surface area contributed by atoms with Crippen molar-refractivity contribution in [1.29, 1.82) is 0 Å². The average Bonchev–Trinajstić information content (AvgIpc) is 2.95. The van der Waals surface area contributed by atoms with Crippen LogP contribution in [0, 0.1) is 6.92 Å². The summed E-state index contributed by atoms with van der Waals surface area (Å²) < 4.78 is 6.40. The minimum absolute atomic E-state index is 0.208. The van der Waals surface area contributed by atoms with Crippen LogP contribution in [0.2, 0.25) is 4.34 Å². The van der Waals surface area contributed by atoms with E-state index in [1.807, 2.05) is 6.92 Å². The first-order chi connectivity index (χ1) is 8.65. The van der Waals surface area contributed by atoms with Gasteiger partial charge in [0.1, 0.15) is 5.75 Å². The van der Waals surface area contributed by atoms with Gasteiger partial charge in [-0.25, -0.2) is 0 Å². The summed E-state index contributed by atoms with van der Waals surface area (Å²) in [4.78, 5) is 1.45. The normalized spacial score (nSPS) is 15.3. The number of alkyl halides is 1. The third-order valence-electron chi connectivity index (χ3n) is 3.13. The Labute approximate surface area is 124 Å². The molecule has 0 spiro atoms. The van der Waals surface area contributed by atoms with E-state index in [0.717, 1.165) is 28.7 Å². The van der Waals surface area contributed by atoms with Crippen molar-refractivity contribution in [2.24, 2.45) is 0 Å². The van der Waals surface area contributed by atoms with Crippen LogP contribution in [-0.4, -0.2) is 6.61 Å². The van der Waals surface area contributed by atoms with Crippen LogP contribution >= 0.6 is 38.9 Å². The second-order valence-electron chi connectivity index (χ2n) is 4.43. The number of ether oxygens (including phenoxy) is 1. The number of rotatable bonds is 2. The van der Waals surface area contributed by atoms with Gasteiger partial charge in [-0.2, -0.15) is 0 Å². The van der Waals surface area contributed by atoms with E-state index in [-0.39, 0.29) is 4.83 Å². The summed E-state index contributed by atoms with van der Waals surface area (Å²) in [5, 5.41) is 0. The molecule has 1 aromatic heterocycles. The van der Waals surface area contributed by atoms with Crippen molar-refractivity contribution in [1.82, 2.24) is 0 Å². The molecule has 0 saturated heterocycles. The Morgan fingerprint density at radius 2 is 2.22 bits per heavy atom. The van der Waals surface area contributed by atoms with E-state index in [1.54, 1.807) is 11.3 Å². The van der Waals surface area contributed by atoms with Crippen LogP contribution in [0.3, 0.4) is 0 Å². The molecule has 1 unspecified atom stereocenters. The molecule has 2 aromatic rings. The van der Waals surface area contributed by atoms with Gasteiger partial charge < -0.3 is 4.74 Å². The van der Waals surface area contributed by atoms with Crippen molar-refractivity contribution in [3.8, 4) is 5.75 Å². The molecule has 3 rings (SSSR count). The molecule has 18 heavy (non-hydrogen) atoms. The molecule has 1 aromatic carbocycles. The summed E-state index contributed by atoms with van der Waals surface area (Å²) in [6.07, 6.45) is 1.01. The maximum Gasteiger partial charge on any atom is 0.122 e. The summed E-state index contributed by atoms with van der Waals surface area (Å²) in [6.45, 7) is 2.84. The molecule has 0 fully saturated rings. The van der Waals surface area contributed by atoms with Crippen LogP contribution in [0.5, 0.6) is 5.75 Å². The first-order valence-electron chi connectivity index (χ1n) is 5.80. The molecule has 4 heteroatoms. The van der Waals surface area contributed by atoms with Crippen LogP contribution in [0.4, 0.5) is 0 Å². The average molecular weight is 344 g/mol. The number of fused-ring (bicyclic) bond motifs is 1. The van der Waals surface area contributed by atoms with E-state index < -0.39 is 0 Å². The molecule has 0 amide bonds. The lowest BCUT2D eigenvalue weighted by Crippen LogP contribution is -1.90. The van der Waals surface area contributed by atoms with Gasteiger partial charge in [0.05, 0.1) is 15.8 Å². The van der Waals surface area contributed by atoms with Gasteiger partial charge in [-0.05, 0) is 35.7 Å². The molecule has 94 valence electrons. The molecule has 0 bridgehead atoms. The molecule has 2 heterocycles. The first-order valence-corrected chi connectivity index (χ1v) is 7.91. The quantitative estimate of drug-likeness (QED) is 0.687. The zero-order valence-electron chi connectivity index (χ0n) is 9.87. The van der Waals surface area contributed by atoms with Gasteiger partial charge in [-0.1, -0.05) is 39.7 Å². The van der Waals surface area contributed by atoms with Crippen molar-refractivity contribution in [2.75, 3.05) is 6.61 Å². The molecule has 0 saturated carbocycles. The van der Waals surface area contributed by atoms with Gasteiger partial charge in [-0.15, -0.1) is 11.3 Å². The molecular formula is C14H12BrClOS. The fourth-order valence-electron chi connectivity index (χ4n) is 2.14. The predicted molar refractivity (Wildman–Crippen MR) is 80.5 cm³/mol. The van der Waals surface area contributed by atoms with Gasteiger partial charge >= 0.3 is 0 Å². The van der Waals surface area contributed by atoms with Gasteiger partial charge in [0.15, 0.2) is 0 Å². The lowest BCUT2D eigenvalue weighted by atomic mass is 10.1. The number of halogens is 2. The Morgan fingerprint density at radius 1 is 1.39 bits per heavy atom. The second kappa shape index (κ2) is 4.87. The number of benzene rings is 1. The smallest absolute Gasteiger partial charge is 0.122 e. The Morgan fingerprint density at radius 3 is 2.94 bits per heavy atom. The van der Waals surface area contributed by atoms with Crippen LogP contribution in [0.1, 0.15) is 26.4 Å².